The highest BCUT2D eigenvalue weighted by atomic mass is 16.2. The Kier molecular flexibility index (Phi) is 5.09. The molecule has 2 heterocycles. The van der Waals surface area contributed by atoms with E-state index < -0.39 is 0 Å². The Morgan fingerprint density at radius 2 is 2.03 bits per heavy atom. The molecule has 6 nitrogen and oxygen atoms in total. The van der Waals surface area contributed by atoms with Gasteiger partial charge in [-0.3, -0.25) is 9.59 Å². The number of fused-ring (bicyclic) bond motifs is 1. The Hall–Kier alpha value is -3.15. The van der Waals surface area contributed by atoms with Gasteiger partial charge < -0.3 is 14.8 Å². The number of hydrogen-bond acceptors (Lipinski definition) is 3. The van der Waals surface area contributed by atoms with Crippen molar-refractivity contribution < 1.29 is 9.59 Å². The number of carbonyl (C=O) groups is 2. The molecular formula is C23H26N4O2. The molecule has 1 aliphatic rings. The highest BCUT2D eigenvalue weighted by molar-refractivity contribution is 6.00. The van der Waals surface area contributed by atoms with Gasteiger partial charge in [-0.05, 0) is 35.7 Å². The van der Waals surface area contributed by atoms with Gasteiger partial charge in [0.2, 0.25) is 11.8 Å². The highest BCUT2D eigenvalue weighted by Gasteiger charge is 2.36. The van der Waals surface area contributed by atoms with Crippen molar-refractivity contribution in [1.82, 2.24) is 14.9 Å². The number of amides is 2. The quantitative estimate of drug-likeness (QED) is 0.722. The molecule has 1 N–H and O–H groups in total. The van der Waals surface area contributed by atoms with Crippen molar-refractivity contribution in [3.8, 4) is 0 Å². The maximum Gasteiger partial charge on any atom is 0.228 e. The Balaban J connectivity index is 1.45. The molecule has 2 aromatic carbocycles. The van der Waals surface area contributed by atoms with Gasteiger partial charge in [0, 0.05) is 25.7 Å². The summed E-state index contributed by atoms with van der Waals surface area (Å²) in [5.41, 5.74) is 3.90. The second kappa shape index (κ2) is 7.70. The molecule has 3 aromatic rings. The summed E-state index contributed by atoms with van der Waals surface area (Å²) in [6.45, 7) is 5.07. The van der Waals surface area contributed by atoms with Crippen LogP contribution in [0.1, 0.15) is 37.6 Å². The van der Waals surface area contributed by atoms with Crippen LogP contribution >= 0.6 is 0 Å². The number of nitrogens with zero attached hydrogens (tertiary/aromatic N) is 3. The second-order valence-electron chi connectivity index (χ2n) is 8.05. The number of hydrogen-bond donors (Lipinski definition) is 1. The van der Waals surface area contributed by atoms with Gasteiger partial charge in [0.25, 0.3) is 0 Å². The van der Waals surface area contributed by atoms with Crippen LogP contribution in [0.5, 0.6) is 0 Å². The maximum atomic E-state index is 13.0. The van der Waals surface area contributed by atoms with Crippen molar-refractivity contribution in [2.24, 2.45) is 5.92 Å². The molecule has 2 amide bonds. The van der Waals surface area contributed by atoms with Crippen molar-refractivity contribution in [1.29, 1.82) is 0 Å². The van der Waals surface area contributed by atoms with Gasteiger partial charge in [-0.15, -0.1) is 0 Å². The summed E-state index contributed by atoms with van der Waals surface area (Å²) in [5.74, 6) is 0.773. The van der Waals surface area contributed by atoms with Gasteiger partial charge in [-0.1, -0.05) is 38.1 Å². The molecule has 150 valence electrons. The van der Waals surface area contributed by atoms with Crippen LogP contribution in [0.15, 0.2) is 48.5 Å². The monoisotopic (exact) mass is 390 g/mol. The van der Waals surface area contributed by atoms with Crippen molar-refractivity contribution in [2.45, 2.75) is 32.7 Å². The Morgan fingerprint density at radius 3 is 2.79 bits per heavy atom. The molecule has 0 saturated carbocycles. The average molecular weight is 390 g/mol. The van der Waals surface area contributed by atoms with Gasteiger partial charge in [0.05, 0.1) is 23.5 Å². The lowest BCUT2D eigenvalue weighted by Gasteiger charge is -2.21. The van der Waals surface area contributed by atoms with Crippen LogP contribution in [-0.2, 0) is 16.1 Å². The first-order valence-corrected chi connectivity index (χ1v) is 10.0. The predicted molar refractivity (Wildman–Crippen MR) is 114 cm³/mol. The van der Waals surface area contributed by atoms with Gasteiger partial charge in [0.1, 0.15) is 5.82 Å². The number of carbonyl (C=O) groups excluding carboxylic acids is 2. The third-order valence-electron chi connectivity index (χ3n) is 5.52. The Morgan fingerprint density at radius 1 is 1.24 bits per heavy atom. The summed E-state index contributed by atoms with van der Waals surface area (Å²) < 4.78 is 0. The number of para-hydroxylation sites is 2. The van der Waals surface area contributed by atoms with E-state index in [2.05, 4.69) is 29.9 Å². The molecule has 29 heavy (non-hydrogen) atoms. The molecular weight excluding hydrogens is 364 g/mol. The van der Waals surface area contributed by atoms with Crippen LogP contribution in [0, 0.1) is 5.92 Å². The van der Waals surface area contributed by atoms with E-state index in [-0.39, 0.29) is 24.2 Å². The smallest absolute Gasteiger partial charge is 0.228 e. The summed E-state index contributed by atoms with van der Waals surface area (Å²) in [7, 11) is 1.77. The number of anilines is 1. The number of aromatic nitrogens is 2. The molecule has 1 aliphatic heterocycles. The third-order valence-corrected chi connectivity index (χ3v) is 5.52. The lowest BCUT2D eigenvalue weighted by molar-refractivity contribution is -0.135. The average Bonchev–Trinajstić information content (AvgIpc) is 3.30. The minimum atomic E-state index is -0.334. The van der Waals surface area contributed by atoms with Gasteiger partial charge in [-0.25, -0.2) is 4.98 Å². The van der Waals surface area contributed by atoms with E-state index in [9.17, 15) is 9.59 Å². The van der Waals surface area contributed by atoms with E-state index >= 15 is 0 Å². The van der Waals surface area contributed by atoms with Gasteiger partial charge in [-0.2, -0.15) is 0 Å². The molecule has 0 radical (unpaired) electrons. The van der Waals surface area contributed by atoms with E-state index in [4.69, 9.17) is 0 Å². The largest absolute Gasteiger partial charge is 0.340 e. The van der Waals surface area contributed by atoms with E-state index in [0.29, 0.717) is 19.0 Å². The standard InChI is InChI=1S/C23H26N4O2/c1-15(2)16-7-6-8-18(11-16)27-13-17(12-22(27)28)23(29)26(3)14-21-24-19-9-4-5-10-20(19)25-21/h4-11,15,17H,12-14H2,1-3H3,(H,24,25). The molecule has 0 spiro atoms. The van der Waals surface area contributed by atoms with E-state index in [1.54, 1.807) is 16.8 Å². The number of nitrogens with one attached hydrogen (secondary N) is 1. The summed E-state index contributed by atoms with van der Waals surface area (Å²) in [6.07, 6.45) is 0.245. The fourth-order valence-corrected chi connectivity index (χ4v) is 3.87. The SMILES string of the molecule is CC(C)c1cccc(N2CC(C(=O)N(C)Cc3nc4ccccc4[nH]3)CC2=O)c1. The number of imidazole rings is 1. The van der Waals surface area contributed by atoms with Crippen LogP contribution in [-0.4, -0.2) is 40.3 Å². The minimum absolute atomic E-state index is 0.00129. The summed E-state index contributed by atoms with van der Waals surface area (Å²) >= 11 is 0. The Labute approximate surface area is 170 Å². The number of rotatable bonds is 5. The normalized spacial score (nSPS) is 16.8. The Bertz CT molecular complexity index is 1020. The third kappa shape index (κ3) is 3.88. The minimum Gasteiger partial charge on any atom is -0.340 e. The summed E-state index contributed by atoms with van der Waals surface area (Å²) in [6, 6.07) is 15.8. The van der Waals surface area contributed by atoms with Gasteiger partial charge >= 0.3 is 0 Å². The zero-order valence-corrected chi connectivity index (χ0v) is 17.1. The van der Waals surface area contributed by atoms with Crippen molar-refractivity contribution in [3.63, 3.8) is 0 Å². The molecule has 1 fully saturated rings. The van der Waals surface area contributed by atoms with E-state index in [1.807, 2.05) is 42.5 Å². The molecule has 1 unspecified atom stereocenters. The van der Waals surface area contributed by atoms with Crippen LogP contribution in [0.3, 0.4) is 0 Å². The fraction of sp³-hybridized carbons (Fsp3) is 0.348. The van der Waals surface area contributed by atoms with E-state index in [0.717, 1.165) is 22.5 Å². The lowest BCUT2D eigenvalue weighted by atomic mass is 10.0. The van der Waals surface area contributed by atoms with Gasteiger partial charge in [0.15, 0.2) is 0 Å². The molecule has 1 saturated heterocycles. The van der Waals surface area contributed by atoms with Crippen LogP contribution in [0.2, 0.25) is 0 Å². The van der Waals surface area contributed by atoms with Crippen LogP contribution < -0.4 is 4.90 Å². The zero-order chi connectivity index (χ0) is 20.5. The number of benzene rings is 2. The van der Waals surface area contributed by atoms with E-state index in [1.165, 1.54) is 5.56 Å². The molecule has 6 heteroatoms. The highest BCUT2D eigenvalue weighted by Crippen LogP contribution is 2.28. The first-order chi connectivity index (χ1) is 13.9. The number of aromatic amines is 1. The summed E-state index contributed by atoms with van der Waals surface area (Å²) in [4.78, 5) is 36.8. The molecule has 0 aliphatic carbocycles. The molecule has 4 rings (SSSR count). The molecule has 1 atom stereocenters. The first-order valence-electron chi connectivity index (χ1n) is 10.0. The van der Waals surface area contributed by atoms with Crippen molar-refractivity contribution in [3.05, 3.63) is 59.9 Å². The first kappa shape index (κ1) is 19.2. The maximum absolute atomic E-state index is 13.0. The van der Waals surface area contributed by atoms with Crippen LogP contribution in [0.25, 0.3) is 11.0 Å². The zero-order valence-electron chi connectivity index (χ0n) is 17.1. The van der Waals surface area contributed by atoms with Crippen molar-refractivity contribution in [2.75, 3.05) is 18.5 Å². The topological polar surface area (TPSA) is 69.3 Å². The second-order valence-corrected chi connectivity index (χ2v) is 8.05. The predicted octanol–water partition coefficient (Wildman–Crippen LogP) is 3.70. The molecule has 1 aromatic heterocycles. The summed E-state index contributed by atoms with van der Waals surface area (Å²) in [5, 5.41) is 0. The van der Waals surface area contributed by atoms with Crippen molar-refractivity contribution >= 4 is 28.5 Å². The number of H-pyrrole nitrogens is 1. The van der Waals surface area contributed by atoms with Crippen LogP contribution in [0.4, 0.5) is 5.69 Å². The molecule has 0 bridgehead atoms. The fourth-order valence-electron chi connectivity index (χ4n) is 3.87. The lowest BCUT2D eigenvalue weighted by Crippen LogP contribution is -2.34.